The van der Waals surface area contributed by atoms with Gasteiger partial charge >= 0.3 is 0 Å². The predicted molar refractivity (Wildman–Crippen MR) is 103 cm³/mol. The molecule has 2 aliphatic heterocycles. The van der Waals surface area contributed by atoms with E-state index in [1.54, 1.807) is 0 Å². The number of hydrogen-bond acceptors (Lipinski definition) is 2. The van der Waals surface area contributed by atoms with Crippen LogP contribution in [0.2, 0.25) is 0 Å². The lowest BCUT2D eigenvalue weighted by atomic mass is 9.86. The highest BCUT2D eigenvalue weighted by Gasteiger charge is 2.40. The molecule has 2 fully saturated rings. The average Bonchev–Trinajstić information content (AvgIpc) is 3.25. The summed E-state index contributed by atoms with van der Waals surface area (Å²) in [5, 5.41) is 3.49. The zero-order chi connectivity index (χ0) is 17.3. The molecular formula is C21H25ClF2N2. The SMILES string of the molecule is Cl.Fc1ccc(C(CN2CCC3(CCNC3)C2)c2ccc(F)cc2)cc1. The Hall–Kier alpha value is -1.49. The van der Waals surface area contributed by atoms with E-state index < -0.39 is 0 Å². The molecule has 2 aliphatic rings. The molecule has 2 aromatic rings. The Morgan fingerprint density at radius 2 is 1.50 bits per heavy atom. The summed E-state index contributed by atoms with van der Waals surface area (Å²) in [6.07, 6.45) is 2.49. The maximum Gasteiger partial charge on any atom is 0.123 e. The van der Waals surface area contributed by atoms with Crippen LogP contribution in [-0.2, 0) is 0 Å². The molecule has 5 heteroatoms. The summed E-state index contributed by atoms with van der Waals surface area (Å²) in [6.45, 7) is 5.33. The maximum atomic E-state index is 13.3. The molecule has 0 saturated carbocycles. The number of nitrogens with one attached hydrogen (secondary N) is 1. The van der Waals surface area contributed by atoms with Gasteiger partial charge < -0.3 is 10.2 Å². The van der Waals surface area contributed by atoms with Crippen LogP contribution in [0.25, 0.3) is 0 Å². The maximum absolute atomic E-state index is 13.3. The van der Waals surface area contributed by atoms with Gasteiger partial charge in [0.2, 0.25) is 0 Å². The van der Waals surface area contributed by atoms with Crippen molar-refractivity contribution < 1.29 is 8.78 Å². The quantitative estimate of drug-likeness (QED) is 0.857. The van der Waals surface area contributed by atoms with Crippen molar-refractivity contribution in [3.05, 3.63) is 71.3 Å². The van der Waals surface area contributed by atoms with Crippen molar-refractivity contribution in [3.8, 4) is 0 Å². The topological polar surface area (TPSA) is 15.3 Å². The Morgan fingerprint density at radius 3 is 2.00 bits per heavy atom. The van der Waals surface area contributed by atoms with Gasteiger partial charge in [-0.25, -0.2) is 8.78 Å². The number of rotatable bonds is 4. The van der Waals surface area contributed by atoms with Gasteiger partial charge in [-0.2, -0.15) is 0 Å². The number of likely N-dealkylation sites (tertiary alicyclic amines) is 1. The van der Waals surface area contributed by atoms with Gasteiger partial charge in [0, 0.05) is 25.6 Å². The molecule has 1 N–H and O–H groups in total. The van der Waals surface area contributed by atoms with E-state index in [9.17, 15) is 8.78 Å². The first-order chi connectivity index (χ1) is 12.1. The molecule has 1 atom stereocenters. The summed E-state index contributed by atoms with van der Waals surface area (Å²) >= 11 is 0. The molecule has 1 unspecified atom stereocenters. The number of hydrogen-bond donors (Lipinski definition) is 1. The van der Waals surface area contributed by atoms with E-state index in [1.165, 1.54) is 37.1 Å². The first kappa shape index (κ1) is 19.3. The van der Waals surface area contributed by atoms with Gasteiger partial charge in [0.15, 0.2) is 0 Å². The van der Waals surface area contributed by atoms with Crippen molar-refractivity contribution in [2.24, 2.45) is 5.41 Å². The van der Waals surface area contributed by atoms with E-state index in [0.29, 0.717) is 5.41 Å². The highest BCUT2D eigenvalue weighted by Crippen LogP contribution is 2.37. The van der Waals surface area contributed by atoms with E-state index in [-0.39, 0.29) is 30.0 Å². The van der Waals surface area contributed by atoms with Crippen LogP contribution < -0.4 is 5.32 Å². The second kappa shape index (κ2) is 8.03. The summed E-state index contributed by atoms with van der Waals surface area (Å²) in [5.41, 5.74) is 2.59. The molecule has 26 heavy (non-hydrogen) atoms. The second-order valence-corrected chi connectivity index (χ2v) is 7.57. The smallest absolute Gasteiger partial charge is 0.123 e. The zero-order valence-corrected chi connectivity index (χ0v) is 15.6. The van der Waals surface area contributed by atoms with Crippen LogP contribution in [0.5, 0.6) is 0 Å². The van der Waals surface area contributed by atoms with Gasteiger partial charge in [-0.05, 0) is 66.7 Å². The molecule has 2 aromatic carbocycles. The van der Waals surface area contributed by atoms with Crippen LogP contribution >= 0.6 is 12.4 Å². The fraction of sp³-hybridized carbons (Fsp3) is 0.429. The molecule has 2 saturated heterocycles. The zero-order valence-electron chi connectivity index (χ0n) is 14.8. The van der Waals surface area contributed by atoms with Crippen molar-refractivity contribution in [3.63, 3.8) is 0 Å². The van der Waals surface area contributed by atoms with Crippen molar-refractivity contribution in [1.82, 2.24) is 10.2 Å². The lowest BCUT2D eigenvalue weighted by Gasteiger charge is -2.27. The largest absolute Gasteiger partial charge is 0.316 e. The minimum atomic E-state index is -0.223. The summed E-state index contributed by atoms with van der Waals surface area (Å²) in [5.74, 6) is -0.316. The van der Waals surface area contributed by atoms with Crippen LogP contribution in [0, 0.1) is 17.0 Å². The first-order valence-corrected chi connectivity index (χ1v) is 9.08. The third-order valence-corrected chi connectivity index (χ3v) is 5.84. The van der Waals surface area contributed by atoms with E-state index in [0.717, 1.165) is 43.9 Å². The molecular weight excluding hydrogens is 354 g/mol. The summed E-state index contributed by atoms with van der Waals surface area (Å²) in [6, 6.07) is 13.5. The Kier molecular flexibility index (Phi) is 5.96. The Bertz CT molecular complexity index is 666. The molecule has 0 bridgehead atoms. The van der Waals surface area contributed by atoms with Gasteiger partial charge in [-0.15, -0.1) is 12.4 Å². The van der Waals surface area contributed by atoms with Gasteiger partial charge in [-0.3, -0.25) is 0 Å². The van der Waals surface area contributed by atoms with Crippen LogP contribution in [0.3, 0.4) is 0 Å². The van der Waals surface area contributed by atoms with Crippen LogP contribution in [-0.4, -0.2) is 37.6 Å². The number of halogens is 3. The van der Waals surface area contributed by atoms with Crippen LogP contribution in [0.1, 0.15) is 29.9 Å². The summed E-state index contributed by atoms with van der Waals surface area (Å²) in [4.78, 5) is 2.52. The monoisotopic (exact) mass is 378 g/mol. The second-order valence-electron chi connectivity index (χ2n) is 7.57. The van der Waals surface area contributed by atoms with E-state index in [1.807, 2.05) is 24.3 Å². The van der Waals surface area contributed by atoms with Gasteiger partial charge in [0.05, 0.1) is 0 Å². The van der Waals surface area contributed by atoms with Crippen molar-refractivity contribution in [2.75, 3.05) is 32.7 Å². The lowest BCUT2D eigenvalue weighted by molar-refractivity contribution is 0.268. The van der Waals surface area contributed by atoms with E-state index in [4.69, 9.17) is 0 Å². The van der Waals surface area contributed by atoms with Gasteiger partial charge in [0.1, 0.15) is 11.6 Å². The number of nitrogens with zero attached hydrogens (tertiary/aromatic N) is 1. The van der Waals surface area contributed by atoms with Crippen molar-refractivity contribution in [2.45, 2.75) is 18.8 Å². The van der Waals surface area contributed by atoms with E-state index >= 15 is 0 Å². The third-order valence-electron chi connectivity index (χ3n) is 5.84. The molecule has 2 heterocycles. The standard InChI is InChI=1S/C21H24F2N2.ClH/c22-18-5-1-16(2-6-18)20(17-3-7-19(23)8-4-17)13-25-12-10-21(15-25)9-11-24-14-21;/h1-8,20,24H,9-15H2;1H. The van der Waals surface area contributed by atoms with Crippen molar-refractivity contribution >= 4 is 12.4 Å². The highest BCUT2D eigenvalue weighted by molar-refractivity contribution is 5.85. The van der Waals surface area contributed by atoms with Crippen LogP contribution in [0.4, 0.5) is 8.78 Å². The third kappa shape index (κ3) is 4.08. The fourth-order valence-electron chi connectivity index (χ4n) is 4.38. The minimum absolute atomic E-state index is 0. The molecule has 0 aliphatic carbocycles. The Labute approximate surface area is 160 Å². The highest BCUT2D eigenvalue weighted by atomic mass is 35.5. The summed E-state index contributed by atoms with van der Waals surface area (Å²) in [7, 11) is 0. The fourth-order valence-corrected chi connectivity index (χ4v) is 4.38. The molecule has 140 valence electrons. The molecule has 0 amide bonds. The minimum Gasteiger partial charge on any atom is -0.316 e. The average molecular weight is 379 g/mol. The molecule has 4 rings (SSSR count). The number of benzene rings is 2. The van der Waals surface area contributed by atoms with E-state index in [2.05, 4.69) is 10.2 Å². The Morgan fingerprint density at radius 1 is 0.923 bits per heavy atom. The first-order valence-electron chi connectivity index (χ1n) is 9.08. The Balaban J connectivity index is 0.00000196. The summed E-state index contributed by atoms with van der Waals surface area (Å²) < 4.78 is 26.7. The van der Waals surface area contributed by atoms with Crippen LogP contribution in [0.15, 0.2) is 48.5 Å². The normalized spacial score (nSPS) is 22.9. The lowest BCUT2D eigenvalue weighted by Crippen LogP contribution is -2.32. The molecule has 1 spiro atoms. The predicted octanol–water partition coefficient (Wildman–Crippen LogP) is 4.20. The molecule has 2 nitrogen and oxygen atoms in total. The molecule has 0 radical (unpaired) electrons. The van der Waals surface area contributed by atoms with Gasteiger partial charge in [0.25, 0.3) is 0 Å². The van der Waals surface area contributed by atoms with Gasteiger partial charge in [-0.1, -0.05) is 24.3 Å². The van der Waals surface area contributed by atoms with Crippen molar-refractivity contribution in [1.29, 1.82) is 0 Å². The molecule has 0 aromatic heterocycles.